The molecule has 0 aromatic heterocycles. The third-order valence-electron chi connectivity index (χ3n) is 2.46. The van der Waals surface area contributed by atoms with Crippen molar-refractivity contribution in [3.8, 4) is 11.5 Å². The summed E-state index contributed by atoms with van der Waals surface area (Å²) in [5.41, 5.74) is -0.990. The van der Waals surface area contributed by atoms with Gasteiger partial charge in [-0.05, 0) is 0 Å². The Morgan fingerprint density at radius 2 is 2.00 bits per heavy atom. The Balaban J connectivity index is 3.07. The molecule has 0 atom stereocenters. The Labute approximate surface area is 115 Å². The maximum Gasteiger partial charge on any atom is 0.342 e. The van der Waals surface area contributed by atoms with Crippen molar-refractivity contribution in [3.63, 3.8) is 0 Å². The molecule has 0 bridgehead atoms. The number of carboxylic acids is 1. The average molecular weight is 285 g/mol. The van der Waals surface area contributed by atoms with Gasteiger partial charge >= 0.3 is 5.97 Å². The normalized spacial score (nSPS) is 10.1. The smallest absolute Gasteiger partial charge is 0.342 e. The molecule has 0 aliphatic carbocycles. The van der Waals surface area contributed by atoms with Crippen molar-refractivity contribution in [2.75, 3.05) is 27.4 Å². The van der Waals surface area contributed by atoms with Gasteiger partial charge < -0.3 is 19.3 Å². The topological polar surface area (TPSA) is 108 Å². The molecule has 8 nitrogen and oxygen atoms in total. The molecule has 110 valence electrons. The lowest BCUT2D eigenvalue weighted by Gasteiger charge is -2.11. The lowest BCUT2D eigenvalue weighted by Crippen LogP contribution is -2.07. The number of benzene rings is 1. The highest BCUT2D eigenvalue weighted by atomic mass is 16.6. The first-order valence-electron chi connectivity index (χ1n) is 5.72. The lowest BCUT2D eigenvalue weighted by molar-refractivity contribution is -0.385. The van der Waals surface area contributed by atoms with Gasteiger partial charge in [-0.1, -0.05) is 0 Å². The number of nitro groups is 1. The number of ether oxygens (including phenoxy) is 3. The lowest BCUT2D eigenvalue weighted by atomic mass is 10.1. The van der Waals surface area contributed by atoms with Crippen molar-refractivity contribution in [1.29, 1.82) is 0 Å². The summed E-state index contributed by atoms with van der Waals surface area (Å²) in [7, 11) is 2.88. The minimum atomic E-state index is -1.40. The van der Waals surface area contributed by atoms with E-state index in [0.29, 0.717) is 13.0 Å². The number of nitro benzene ring substituents is 1. The largest absolute Gasteiger partial charge is 0.493 e. The van der Waals surface area contributed by atoms with Gasteiger partial charge in [-0.3, -0.25) is 10.1 Å². The van der Waals surface area contributed by atoms with E-state index >= 15 is 0 Å². The van der Waals surface area contributed by atoms with Crippen molar-refractivity contribution < 1.29 is 29.0 Å². The molecular formula is C12H15NO7. The number of aromatic carboxylic acids is 1. The highest BCUT2D eigenvalue weighted by Crippen LogP contribution is 2.34. The third-order valence-corrected chi connectivity index (χ3v) is 2.46. The van der Waals surface area contributed by atoms with Gasteiger partial charge in [-0.2, -0.15) is 0 Å². The van der Waals surface area contributed by atoms with Gasteiger partial charge in [0.15, 0.2) is 11.5 Å². The summed E-state index contributed by atoms with van der Waals surface area (Å²) in [6, 6.07) is 2.13. The number of carboxylic acid groups (broad SMARTS) is 1. The first-order valence-corrected chi connectivity index (χ1v) is 5.72. The fraction of sp³-hybridized carbons (Fsp3) is 0.417. The Bertz CT molecular complexity index is 501. The van der Waals surface area contributed by atoms with E-state index in [-0.39, 0.29) is 18.1 Å². The highest BCUT2D eigenvalue weighted by molar-refractivity contribution is 5.93. The van der Waals surface area contributed by atoms with E-state index in [0.717, 1.165) is 12.1 Å². The highest BCUT2D eigenvalue weighted by Gasteiger charge is 2.24. The predicted octanol–water partition coefficient (Wildman–Crippen LogP) is 1.72. The summed E-state index contributed by atoms with van der Waals surface area (Å²) in [6.07, 6.45) is 0.591. The van der Waals surface area contributed by atoms with Gasteiger partial charge in [0, 0.05) is 26.2 Å². The molecule has 0 spiro atoms. The zero-order valence-corrected chi connectivity index (χ0v) is 11.1. The van der Waals surface area contributed by atoms with Crippen LogP contribution in [-0.4, -0.2) is 43.4 Å². The molecule has 1 N–H and O–H groups in total. The van der Waals surface area contributed by atoms with Gasteiger partial charge in [0.2, 0.25) is 0 Å². The van der Waals surface area contributed by atoms with Crippen LogP contribution < -0.4 is 9.47 Å². The summed E-state index contributed by atoms with van der Waals surface area (Å²) >= 11 is 0. The maximum atomic E-state index is 11.0. The quantitative estimate of drug-likeness (QED) is 0.440. The molecule has 0 amide bonds. The van der Waals surface area contributed by atoms with E-state index in [4.69, 9.17) is 19.3 Å². The van der Waals surface area contributed by atoms with E-state index in [1.165, 1.54) is 7.11 Å². The van der Waals surface area contributed by atoms with Crippen LogP contribution in [0.15, 0.2) is 12.1 Å². The number of carbonyl (C=O) groups is 1. The summed E-state index contributed by atoms with van der Waals surface area (Å²) in [4.78, 5) is 21.1. The van der Waals surface area contributed by atoms with Crippen LogP contribution in [0.4, 0.5) is 5.69 Å². The van der Waals surface area contributed by atoms with Crippen molar-refractivity contribution >= 4 is 11.7 Å². The number of methoxy groups -OCH3 is 2. The van der Waals surface area contributed by atoms with E-state index in [1.54, 1.807) is 7.11 Å². The summed E-state index contributed by atoms with van der Waals surface area (Å²) in [5.74, 6) is -1.15. The molecule has 1 aromatic rings. The second kappa shape index (κ2) is 7.29. The second-order valence-corrected chi connectivity index (χ2v) is 3.78. The van der Waals surface area contributed by atoms with Crippen molar-refractivity contribution in [3.05, 3.63) is 27.8 Å². The van der Waals surface area contributed by atoms with Crippen LogP contribution in [0.1, 0.15) is 16.8 Å². The summed E-state index contributed by atoms with van der Waals surface area (Å²) in [6.45, 7) is 0.755. The minimum absolute atomic E-state index is 0.125. The van der Waals surface area contributed by atoms with Gasteiger partial charge in [0.1, 0.15) is 5.56 Å². The van der Waals surface area contributed by atoms with Gasteiger partial charge in [-0.25, -0.2) is 4.79 Å². The molecule has 1 rings (SSSR count). The molecule has 0 saturated heterocycles. The minimum Gasteiger partial charge on any atom is -0.493 e. The van der Waals surface area contributed by atoms with Crippen molar-refractivity contribution in [2.45, 2.75) is 6.42 Å². The summed E-state index contributed by atoms with van der Waals surface area (Å²) < 4.78 is 15.2. The molecule has 0 radical (unpaired) electrons. The zero-order valence-electron chi connectivity index (χ0n) is 11.1. The fourth-order valence-electron chi connectivity index (χ4n) is 1.53. The van der Waals surface area contributed by atoms with Crippen molar-refractivity contribution in [1.82, 2.24) is 0 Å². The van der Waals surface area contributed by atoms with Crippen molar-refractivity contribution in [2.24, 2.45) is 0 Å². The third kappa shape index (κ3) is 3.82. The molecule has 0 fully saturated rings. The Hall–Kier alpha value is -2.35. The first kappa shape index (κ1) is 15.7. The van der Waals surface area contributed by atoms with Crippen LogP contribution in [0, 0.1) is 10.1 Å². The van der Waals surface area contributed by atoms with Gasteiger partial charge in [0.05, 0.1) is 24.7 Å². The second-order valence-electron chi connectivity index (χ2n) is 3.78. The monoisotopic (exact) mass is 285 g/mol. The predicted molar refractivity (Wildman–Crippen MR) is 68.6 cm³/mol. The molecular weight excluding hydrogens is 270 g/mol. The molecule has 0 aliphatic rings. The van der Waals surface area contributed by atoms with Crippen LogP contribution in [0.2, 0.25) is 0 Å². The number of hydrogen-bond donors (Lipinski definition) is 1. The maximum absolute atomic E-state index is 11.0. The molecule has 20 heavy (non-hydrogen) atoms. The number of hydrogen-bond acceptors (Lipinski definition) is 6. The number of rotatable bonds is 8. The van der Waals surface area contributed by atoms with Crippen LogP contribution in [0.25, 0.3) is 0 Å². The van der Waals surface area contributed by atoms with Crippen LogP contribution in [0.3, 0.4) is 0 Å². The summed E-state index contributed by atoms with van der Waals surface area (Å²) in [5, 5.41) is 19.8. The van der Waals surface area contributed by atoms with Gasteiger partial charge in [-0.15, -0.1) is 0 Å². The molecule has 0 heterocycles. The van der Waals surface area contributed by atoms with Gasteiger partial charge in [0.25, 0.3) is 5.69 Å². The Morgan fingerprint density at radius 3 is 2.50 bits per heavy atom. The van der Waals surface area contributed by atoms with E-state index in [2.05, 4.69) is 0 Å². The Morgan fingerprint density at radius 1 is 1.30 bits per heavy atom. The average Bonchev–Trinajstić information content (AvgIpc) is 2.42. The number of nitrogens with zero attached hydrogens (tertiary/aromatic N) is 1. The zero-order chi connectivity index (χ0) is 15.1. The SMILES string of the molecule is COCCCOc1cc([N+](=O)[O-])c(C(=O)O)cc1OC. The van der Waals surface area contributed by atoms with E-state index < -0.39 is 22.1 Å². The Kier molecular flexibility index (Phi) is 5.73. The molecule has 0 aliphatic heterocycles. The van der Waals surface area contributed by atoms with Crippen LogP contribution in [-0.2, 0) is 4.74 Å². The van der Waals surface area contributed by atoms with E-state index in [9.17, 15) is 14.9 Å². The first-order chi connectivity index (χ1) is 9.51. The fourth-order valence-corrected chi connectivity index (χ4v) is 1.53. The van der Waals surface area contributed by atoms with E-state index in [1.807, 2.05) is 0 Å². The molecule has 0 unspecified atom stereocenters. The van der Waals surface area contributed by atoms with Crippen LogP contribution >= 0.6 is 0 Å². The molecule has 8 heteroatoms. The molecule has 1 aromatic carbocycles. The van der Waals surface area contributed by atoms with Crippen LogP contribution in [0.5, 0.6) is 11.5 Å². The standard InChI is InChI=1S/C12H15NO7/c1-18-4-3-5-20-11-7-9(13(16)17)8(12(14)15)6-10(11)19-2/h6-7H,3-5H2,1-2H3,(H,14,15). The molecule has 0 saturated carbocycles.